The summed E-state index contributed by atoms with van der Waals surface area (Å²) in [5, 5.41) is 0. The van der Waals surface area contributed by atoms with Crippen molar-refractivity contribution in [2.75, 3.05) is 27.2 Å². The molecule has 0 radical (unpaired) electrons. The van der Waals surface area contributed by atoms with E-state index in [1.54, 1.807) is 0 Å². The van der Waals surface area contributed by atoms with E-state index in [1.165, 1.54) is 0 Å². The van der Waals surface area contributed by atoms with E-state index in [4.69, 9.17) is 10.5 Å². The number of hydrogen-bond donors (Lipinski definition) is 1. The molecule has 1 rings (SSSR count). The number of hydrogen-bond acceptors (Lipinski definition) is 3. The lowest BCUT2D eigenvalue weighted by molar-refractivity contribution is 0.139. The van der Waals surface area contributed by atoms with Crippen LogP contribution in [-0.4, -0.2) is 37.7 Å². The fraction of sp³-hybridized carbons (Fsp3) is 0.538. The fourth-order valence-corrected chi connectivity index (χ4v) is 1.41. The second-order valence-corrected chi connectivity index (χ2v) is 4.51. The second-order valence-electron chi connectivity index (χ2n) is 4.51. The third-order valence-corrected chi connectivity index (χ3v) is 3.17. The molecule has 1 aromatic rings. The van der Waals surface area contributed by atoms with E-state index in [0.29, 0.717) is 13.2 Å². The molecule has 0 fully saturated rings. The van der Waals surface area contributed by atoms with E-state index in [9.17, 15) is 0 Å². The SMILES string of the molecule is CN(C)C(C)(CN)CCOc1ccccc1. The van der Waals surface area contributed by atoms with Crippen molar-refractivity contribution in [2.45, 2.75) is 18.9 Å². The predicted octanol–water partition coefficient (Wildman–Crippen LogP) is 1.73. The van der Waals surface area contributed by atoms with Gasteiger partial charge in [0, 0.05) is 18.5 Å². The van der Waals surface area contributed by atoms with Crippen LogP contribution in [0.4, 0.5) is 0 Å². The number of nitrogens with two attached hydrogens (primary N) is 1. The zero-order valence-electron chi connectivity index (χ0n) is 10.4. The summed E-state index contributed by atoms with van der Waals surface area (Å²) >= 11 is 0. The Balaban J connectivity index is 2.40. The summed E-state index contributed by atoms with van der Waals surface area (Å²) in [5.41, 5.74) is 5.80. The van der Waals surface area contributed by atoms with Gasteiger partial charge in [0.1, 0.15) is 5.75 Å². The number of nitrogens with zero attached hydrogens (tertiary/aromatic N) is 1. The maximum absolute atomic E-state index is 5.79. The van der Waals surface area contributed by atoms with Crippen molar-refractivity contribution in [1.29, 1.82) is 0 Å². The van der Waals surface area contributed by atoms with E-state index in [2.05, 4.69) is 25.9 Å². The first-order valence-corrected chi connectivity index (χ1v) is 5.64. The summed E-state index contributed by atoms with van der Waals surface area (Å²) in [6.45, 7) is 3.48. The van der Waals surface area contributed by atoms with Crippen molar-refractivity contribution in [3.8, 4) is 5.75 Å². The van der Waals surface area contributed by atoms with Gasteiger partial charge in [-0.15, -0.1) is 0 Å². The number of benzene rings is 1. The summed E-state index contributed by atoms with van der Waals surface area (Å²) in [6.07, 6.45) is 0.922. The molecule has 0 saturated carbocycles. The van der Waals surface area contributed by atoms with Crippen LogP contribution in [0.3, 0.4) is 0 Å². The summed E-state index contributed by atoms with van der Waals surface area (Å²) in [5.74, 6) is 0.917. The molecule has 0 amide bonds. The van der Waals surface area contributed by atoms with Gasteiger partial charge in [0.2, 0.25) is 0 Å². The predicted molar refractivity (Wildman–Crippen MR) is 67.7 cm³/mol. The molecule has 2 N–H and O–H groups in total. The topological polar surface area (TPSA) is 38.5 Å². The minimum Gasteiger partial charge on any atom is -0.494 e. The van der Waals surface area contributed by atoms with Crippen LogP contribution in [0, 0.1) is 0 Å². The Kier molecular flexibility index (Phi) is 4.77. The largest absolute Gasteiger partial charge is 0.494 e. The minimum atomic E-state index is 0.00871. The average molecular weight is 222 g/mol. The van der Waals surface area contributed by atoms with Crippen molar-refractivity contribution >= 4 is 0 Å². The van der Waals surface area contributed by atoms with E-state index in [-0.39, 0.29) is 5.54 Å². The summed E-state index contributed by atoms with van der Waals surface area (Å²) in [4.78, 5) is 2.15. The molecule has 0 spiro atoms. The lowest BCUT2D eigenvalue weighted by Gasteiger charge is -2.35. The normalized spacial score (nSPS) is 14.8. The van der Waals surface area contributed by atoms with Gasteiger partial charge >= 0.3 is 0 Å². The molecule has 1 unspecified atom stereocenters. The molecular formula is C13H22N2O. The average Bonchev–Trinajstić information content (AvgIpc) is 2.30. The molecule has 1 aromatic carbocycles. The minimum absolute atomic E-state index is 0.00871. The van der Waals surface area contributed by atoms with Crippen molar-refractivity contribution in [3.05, 3.63) is 30.3 Å². The van der Waals surface area contributed by atoms with Crippen LogP contribution in [0.1, 0.15) is 13.3 Å². The molecule has 0 heterocycles. The molecule has 0 aliphatic heterocycles. The first-order chi connectivity index (χ1) is 7.58. The zero-order valence-corrected chi connectivity index (χ0v) is 10.4. The van der Waals surface area contributed by atoms with Crippen LogP contribution < -0.4 is 10.5 Å². The van der Waals surface area contributed by atoms with Crippen LogP contribution in [0.15, 0.2) is 30.3 Å². The molecule has 1 atom stereocenters. The molecule has 0 aliphatic rings. The van der Waals surface area contributed by atoms with Crippen molar-refractivity contribution in [1.82, 2.24) is 4.90 Å². The standard InChI is InChI=1S/C13H22N2O/c1-13(11-14,15(2)3)9-10-16-12-7-5-4-6-8-12/h4-8H,9-11,14H2,1-3H3. The van der Waals surface area contributed by atoms with Gasteiger partial charge < -0.3 is 15.4 Å². The smallest absolute Gasteiger partial charge is 0.119 e. The maximum Gasteiger partial charge on any atom is 0.119 e. The summed E-state index contributed by atoms with van der Waals surface area (Å²) in [7, 11) is 4.10. The molecule has 3 heteroatoms. The van der Waals surface area contributed by atoms with Gasteiger partial charge in [0.15, 0.2) is 0 Å². The van der Waals surface area contributed by atoms with E-state index in [1.807, 2.05) is 30.3 Å². The highest BCUT2D eigenvalue weighted by Crippen LogP contribution is 2.16. The Bertz CT molecular complexity index is 300. The molecule has 0 aliphatic carbocycles. The van der Waals surface area contributed by atoms with E-state index >= 15 is 0 Å². The molecule has 0 saturated heterocycles. The molecule has 90 valence electrons. The highest BCUT2D eigenvalue weighted by molar-refractivity contribution is 5.20. The Morgan fingerprint density at radius 2 is 1.88 bits per heavy atom. The van der Waals surface area contributed by atoms with Gasteiger partial charge in [-0.1, -0.05) is 18.2 Å². The van der Waals surface area contributed by atoms with Crippen LogP contribution in [0.5, 0.6) is 5.75 Å². The van der Waals surface area contributed by atoms with E-state index < -0.39 is 0 Å². The highest BCUT2D eigenvalue weighted by atomic mass is 16.5. The van der Waals surface area contributed by atoms with Crippen LogP contribution >= 0.6 is 0 Å². The fourth-order valence-electron chi connectivity index (χ4n) is 1.41. The van der Waals surface area contributed by atoms with Crippen molar-refractivity contribution < 1.29 is 4.74 Å². The Labute approximate surface area is 98.2 Å². The van der Waals surface area contributed by atoms with Crippen LogP contribution in [0.25, 0.3) is 0 Å². The number of likely N-dealkylation sites (N-methyl/N-ethyl adjacent to an activating group) is 1. The van der Waals surface area contributed by atoms with Crippen molar-refractivity contribution in [3.63, 3.8) is 0 Å². The molecule has 0 aromatic heterocycles. The van der Waals surface area contributed by atoms with Crippen LogP contribution in [0.2, 0.25) is 0 Å². The van der Waals surface area contributed by atoms with Gasteiger partial charge in [-0.3, -0.25) is 0 Å². The second kappa shape index (κ2) is 5.87. The Morgan fingerprint density at radius 3 is 2.38 bits per heavy atom. The first-order valence-electron chi connectivity index (χ1n) is 5.64. The molecule has 0 bridgehead atoms. The number of para-hydroxylation sites is 1. The van der Waals surface area contributed by atoms with Crippen molar-refractivity contribution in [2.24, 2.45) is 5.73 Å². The Morgan fingerprint density at radius 1 is 1.25 bits per heavy atom. The summed E-state index contributed by atoms with van der Waals surface area (Å²) < 4.78 is 5.67. The molecule has 3 nitrogen and oxygen atoms in total. The van der Waals surface area contributed by atoms with Gasteiger partial charge in [-0.25, -0.2) is 0 Å². The molecular weight excluding hydrogens is 200 g/mol. The Hall–Kier alpha value is -1.06. The number of rotatable bonds is 6. The number of ether oxygens (including phenoxy) is 1. The third-order valence-electron chi connectivity index (χ3n) is 3.17. The van der Waals surface area contributed by atoms with Crippen LogP contribution in [-0.2, 0) is 0 Å². The van der Waals surface area contributed by atoms with Gasteiger partial charge in [-0.2, -0.15) is 0 Å². The monoisotopic (exact) mass is 222 g/mol. The van der Waals surface area contributed by atoms with E-state index in [0.717, 1.165) is 12.2 Å². The maximum atomic E-state index is 5.79. The molecule has 16 heavy (non-hydrogen) atoms. The summed E-state index contributed by atoms with van der Waals surface area (Å²) in [6, 6.07) is 9.87. The lowest BCUT2D eigenvalue weighted by atomic mass is 9.97. The third kappa shape index (κ3) is 3.51. The quantitative estimate of drug-likeness (QED) is 0.796. The van der Waals surface area contributed by atoms with Gasteiger partial charge in [-0.05, 0) is 33.2 Å². The highest BCUT2D eigenvalue weighted by Gasteiger charge is 2.24. The lowest BCUT2D eigenvalue weighted by Crippen LogP contribution is -2.48. The van der Waals surface area contributed by atoms with Gasteiger partial charge in [0.05, 0.1) is 6.61 Å². The van der Waals surface area contributed by atoms with Gasteiger partial charge in [0.25, 0.3) is 0 Å². The zero-order chi connectivity index (χ0) is 12.0. The first kappa shape index (κ1) is 13.0.